The predicted octanol–water partition coefficient (Wildman–Crippen LogP) is 4.93. The van der Waals surface area contributed by atoms with Gasteiger partial charge >= 0.3 is 7.60 Å². The number of hydrogen-bond acceptors (Lipinski definition) is 6. The summed E-state index contributed by atoms with van der Waals surface area (Å²) in [6.45, 7) is 7.51. The van der Waals surface area contributed by atoms with Crippen LogP contribution in [0.25, 0.3) is 0 Å². The number of amides is 3. The molecule has 0 bridgehead atoms. The van der Waals surface area contributed by atoms with Gasteiger partial charge in [0.05, 0.1) is 24.5 Å². The van der Waals surface area contributed by atoms with Crippen LogP contribution in [0, 0.1) is 0 Å². The molecule has 2 atom stereocenters. The number of unbranched alkanes of at least 4 members (excludes halogenated alkanes) is 5. The molecule has 1 aromatic rings. The first kappa shape index (κ1) is 29.0. The Morgan fingerprint density at radius 1 is 1.06 bits per heavy atom. The van der Waals surface area contributed by atoms with Crippen LogP contribution in [0.2, 0.25) is 0 Å². The Morgan fingerprint density at radius 2 is 1.69 bits per heavy atom. The van der Waals surface area contributed by atoms with Crippen molar-refractivity contribution in [1.82, 2.24) is 10.2 Å². The number of hydrogen-bond donors (Lipinski definition) is 2. The SMILES string of the molecule is CCCCCCCCC(C(=O)NCP(=O)(OCC)OCC)N1C(=O)c2ccccc2NC(=O)C1C. The molecule has 1 aromatic carbocycles. The Kier molecular flexibility index (Phi) is 11.9. The second-order valence-electron chi connectivity index (χ2n) is 8.64. The fourth-order valence-electron chi connectivity index (χ4n) is 4.20. The number of nitrogens with zero attached hydrogens (tertiary/aromatic N) is 1. The molecule has 1 heterocycles. The number of rotatable bonds is 15. The molecule has 0 saturated heterocycles. The largest absolute Gasteiger partial charge is 0.349 e. The molecule has 2 unspecified atom stereocenters. The van der Waals surface area contributed by atoms with E-state index in [0.29, 0.717) is 17.7 Å². The van der Waals surface area contributed by atoms with Crippen molar-refractivity contribution in [3.05, 3.63) is 29.8 Å². The van der Waals surface area contributed by atoms with Gasteiger partial charge in [-0.05, 0) is 39.3 Å². The van der Waals surface area contributed by atoms with Gasteiger partial charge in [-0.2, -0.15) is 0 Å². The Labute approximate surface area is 208 Å². The number of carbonyl (C=O) groups excluding carboxylic acids is 3. The Hall–Kier alpha value is -2.22. The van der Waals surface area contributed by atoms with E-state index in [4.69, 9.17) is 9.05 Å². The fourth-order valence-corrected chi connectivity index (χ4v) is 5.59. The van der Waals surface area contributed by atoms with Crippen LogP contribution >= 0.6 is 7.60 Å². The van der Waals surface area contributed by atoms with Crippen LogP contribution in [0.15, 0.2) is 24.3 Å². The van der Waals surface area contributed by atoms with Crippen molar-refractivity contribution in [3.8, 4) is 0 Å². The van der Waals surface area contributed by atoms with Crippen molar-refractivity contribution in [1.29, 1.82) is 0 Å². The van der Waals surface area contributed by atoms with E-state index >= 15 is 0 Å². The summed E-state index contributed by atoms with van der Waals surface area (Å²) in [7, 11) is -3.52. The lowest BCUT2D eigenvalue weighted by atomic mass is 10.0. The van der Waals surface area contributed by atoms with Crippen LogP contribution in [0.4, 0.5) is 5.69 Å². The van der Waals surface area contributed by atoms with Gasteiger partial charge in [0.25, 0.3) is 5.91 Å². The summed E-state index contributed by atoms with van der Waals surface area (Å²) >= 11 is 0. The third-order valence-corrected chi connectivity index (χ3v) is 7.86. The van der Waals surface area contributed by atoms with Crippen molar-refractivity contribution < 1.29 is 28.0 Å². The second kappa shape index (κ2) is 14.4. The Bertz CT molecular complexity index is 899. The van der Waals surface area contributed by atoms with Gasteiger partial charge in [0, 0.05) is 0 Å². The van der Waals surface area contributed by atoms with E-state index < -0.39 is 31.5 Å². The minimum atomic E-state index is -3.52. The maximum Gasteiger partial charge on any atom is 0.349 e. The summed E-state index contributed by atoms with van der Waals surface area (Å²) < 4.78 is 23.4. The molecule has 2 rings (SSSR count). The molecular formula is C25H40N3O6P. The minimum absolute atomic E-state index is 0.174. The second-order valence-corrected chi connectivity index (χ2v) is 10.7. The van der Waals surface area contributed by atoms with Crippen molar-refractivity contribution >= 4 is 31.0 Å². The molecule has 35 heavy (non-hydrogen) atoms. The molecule has 0 saturated carbocycles. The lowest BCUT2D eigenvalue weighted by Crippen LogP contribution is -2.55. The third-order valence-electron chi connectivity index (χ3n) is 6.01. The average Bonchev–Trinajstić information content (AvgIpc) is 2.92. The summed E-state index contributed by atoms with van der Waals surface area (Å²) in [6.07, 6.45) is 6.17. The number of nitrogens with one attached hydrogen (secondary N) is 2. The first-order valence-corrected chi connectivity index (χ1v) is 14.4. The average molecular weight is 510 g/mol. The molecule has 0 fully saturated rings. The maximum absolute atomic E-state index is 13.6. The van der Waals surface area contributed by atoms with Gasteiger partial charge in [0.15, 0.2) is 0 Å². The highest BCUT2D eigenvalue weighted by molar-refractivity contribution is 7.53. The van der Waals surface area contributed by atoms with E-state index in [1.807, 2.05) is 0 Å². The quantitative estimate of drug-likeness (QED) is 0.256. The molecule has 9 nitrogen and oxygen atoms in total. The number of para-hydroxylation sites is 1. The number of anilines is 1. The van der Waals surface area contributed by atoms with Crippen LogP contribution in [0.3, 0.4) is 0 Å². The smallest absolute Gasteiger partial charge is 0.343 e. The lowest BCUT2D eigenvalue weighted by molar-refractivity contribution is -0.128. The normalized spacial score (nSPS) is 16.9. The van der Waals surface area contributed by atoms with E-state index in [1.165, 1.54) is 4.90 Å². The molecule has 0 radical (unpaired) electrons. The Morgan fingerprint density at radius 3 is 2.34 bits per heavy atom. The molecular weight excluding hydrogens is 469 g/mol. The number of fused-ring (bicyclic) bond motifs is 1. The summed E-state index contributed by atoms with van der Waals surface area (Å²) in [5.74, 6) is -1.24. The van der Waals surface area contributed by atoms with Gasteiger partial charge in [-0.3, -0.25) is 18.9 Å². The van der Waals surface area contributed by atoms with Gasteiger partial charge in [0.2, 0.25) is 11.8 Å². The van der Waals surface area contributed by atoms with E-state index in [2.05, 4.69) is 17.6 Å². The van der Waals surface area contributed by atoms with Crippen LogP contribution < -0.4 is 10.6 Å². The van der Waals surface area contributed by atoms with Gasteiger partial charge in [-0.1, -0.05) is 57.6 Å². The summed E-state index contributed by atoms with van der Waals surface area (Å²) in [6, 6.07) is 5.01. The van der Waals surface area contributed by atoms with Crippen LogP contribution in [0.1, 0.15) is 83.0 Å². The van der Waals surface area contributed by atoms with Crippen LogP contribution in [-0.2, 0) is 23.2 Å². The molecule has 0 spiro atoms. The maximum atomic E-state index is 13.6. The molecule has 3 amide bonds. The van der Waals surface area contributed by atoms with Gasteiger partial charge < -0.3 is 24.6 Å². The summed E-state index contributed by atoms with van der Waals surface area (Å²) in [5, 5.41) is 5.46. The number of carbonyl (C=O) groups is 3. The topological polar surface area (TPSA) is 114 Å². The van der Waals surface area contributed by atoms with Gasteiger partial charge in [-0.15, -0.1) is 0 Å². The van der Waals surface area contributed by atoms with Crippen molar-refractivity contribution in [2.24, 2.45) is 0 Å². The monoisotopic (exact) mass is 509 g/mol. The first-order chi connectivity index (χ1) is 16.8. The zero-order valence-corrected chi connectivity index (χ0v) is 22.3. The van der Waals surface area contributed by atoms with E-state index in [-0.39, 0.29) is 25.4 Å². The van der Waals surface area contributed by atoms with Crippen molar-refractivity contribution in [3.63, 3.8) is 0 Å². The van der Waals surface area contributed by atoms with Crippen molar-refractivity contribution in [2.45, 2.75) is 84.7 Å². The zero-order chi connectivity index (χ0) is 25.8. The fraction of sp³-hybridized carbons (Fsp3) is 0.640. The first-order valence-electron chi connectivity index (χ1n) is 12.7. The highest BCUT2D eigenvalue weighted by Crippen LogP contribution is 2.46. The number of benzene rings is 1. The molecule has 10 heteroatoms. The molecule has 0 aliphatic carbocycles. The molecule has 2 N–H and O–H groups in total. The lowest BCUT2D eigenvalue weighted by Gasteiger charge is -2.34. The third kappa shape index (κ3) is 8.16. The predicted molar refractivity (Wildman–Crippen MR) is 136 cm³/mol. The molecule has 1 aliphatic rings. The van der Waals surface area contributed by atoms with Crippen LogP contribution in [0.5, 0.6) is 0 Å². The van der Waals surface area contributed by atoms with Gasteiger partial charge in [0.1, 0.15) is 18.4 Å². The molecule has 196 valence electrons. The van der Waals surface area contributed by atoms with Crippen LogP contribution in [-0.4, -0.2) is 54.2 Å². The molecule has 1 aliphatic heterocycles. The highest BCUT2D eigenvalue weighted by Gasteiger charge is 2.40. The summed E-state index contributed by atoms with van der Waals surface area (Å²) in [4.78, 5) is 41.2. The zero-order valence-electron chi connectivity index (χ0n) is 21.4. The summed E-state index contributed by atoms with van der Waals surface area (Å²) in [5.41, 5.74) is 0.757. The van der Waals surface area contributed by atoms with E-state index in [9.17, 15) is 18.9 Å². The molecule has 0 aromatic heterocycles. The van der Waals surface area contributed by atoms with E-state index in [0.717, 1.165) is 38.5 Å². The van der Waals surface area contributed by atoms with Gasteiger partial charge in [-0.25, -0.2) is 0 Å². The van der Waals surface area contributed by atoms with Crippen molar-refractivity contribution in [2.75, 3.05) is 24.8 Å². The Balaban J connectivity index is 2.28. The minimum Gasteiger partial charge on any atom is -0.343 e. The van der Waals surface area contributed by atoms with E-state index in [1.54, 1.807) is 45.0 Å². The standard InChI is InChI=1S/C25H40N3O6P/c1-5-8-9-10-11-12-17-22(24(30)26-18-35(32,33-6-2)34-7-3)28-19(4)23(29)27-21-16-14-13-15-20(21)25(28)31/h13-16,19,22H,5-12,17-18H2,1-4H3,(H,26,30)(H,27,29). The highest BCUT2D eigenvalue weighted by atomic mass is 31.2.